The molecule has 0 saturated heterocycles. The highest BCUT2D eigenvalue weighted by atomic mass is 79.9. The number of thiophene rings is 1. The van der Waals surface area contributed by atoms with Crippen molar-refractivity contribution >= 4 is 27.3 Å². The lowest BCUT2D eigenvalue weighted by molar-refractivity contribution is 0.321. The van der Waals surface area contributed by atoms with E-state index < -0.39 is 0 Å². The highest BCUT2D eigenvalue weighted by molar-refractivity contribution is 9.10. The Morgan fingerprint density at radius 1 is 1.24 bits per heavy atom. The molecule has 0 amide bonds. The van der Waals surface area contributed by atoms with Crippen molar-refractivity contribution < 1.29 is 0 Å². The van der Waals surface area contributed by atoms with Gasteiger partial charge in [0.1, 0.15) is 0 Å². The van der Waals surface area contributed by atoms with Crippen molar-refractivity contribution in [2.24, 2.45) is 0 Å². The molecule has 0 atom stereocenters. The average Bonchev–Trinajstić information content (AvgIpc) is 2.63. The van der Waals surface area contributed by atoms with E-state index >= 15 is 0 Å². The summed E-state index contributed by atoms with van der Waals surface area (Å²) in [4.78, 5) is 5.95. The smallest absolute Gasteiger partial charge is 0.0325 e. The second-order valence-electron chi connectivity index (χ2n) is 4.52. The summed E-state index contributed by atoms with van der Waals surface area (Å²) < 4.78 is 1.19. The number of hydrogen-bond acceptors (Lipinski definition) is 4. The van der Waals surface area contributed by atoms with E-state index in [0.717, 1.165) is 32.7 Å². The number of nitrogens with one attached hydrogen (secondary N) is 1. The second kappa shape index (κ2) is 8.21. The van der Waals surface area contributed by atoms with Crippen molar-refractivity contribution in [2.45, 2.75) is 6.54 Å². The lowest BCUT2D eigenvalue weighted by atomic mass is 10.4. The summed E-state index contributed by atoms with van der Waals surface area (Å²) in [6.07, 6.45) is 0. The number of nitrogens with zero attached hydrogens (tertiary/aromatic N) is 2. The van der Waals surface area contributed by atoms with Gasteiger partial charge in [0, 0.05) is 47.5 Å². The Morgan fingerprint density at radius 3 is 2.53 bits per heavy atom. The number of likely N-dealkylation sites (N-methyl/N-ethyl adjacent to an activating group) is 2. The Bertz CT molecular complexity index is 314. The second-order valence-corrected chi connectivity index (χ2v) is 6.43. The SMILES string of the molecule is CN(C)CCNCCN(C)Cc1cc(Br)cs1. The zero-order chi connectivity index (χ0) is 12.7. The van der Waals surface area contributed by atoms with E-state index in [1.54, 1.807) is 0 Å². The van der Waals surface area contributed by atoms with E-state index in [0.29, 0.717) is 0 Å². The third-order valence-electron chi connectivity index (χ3n) is 2.45. The van der Waals surface area contributed by atoms with E-state index in [4.69, 9.17) is 0 Å². The third kappa shape index (κ3) is 7.16. The summed E-state index contributed by atoms with van der Waals surface area (Å²) in [6, 6.07) is 2.20. The average molecular weight is 320 g/mol. The van der Waals surface area contributed by atoms with Gasteiger partial charge in [0.15, 0.2) is 0 Å². The fraction of sp³-hybridized carbons (Fsp3) is 0.667. The minimum atomic E-state index is 1.03. The van der Waals surface area contributed by atoms with E-state index in [1.165, 1.54) is 9.35 Å². The summed E-state index contributed by atoms with van der Waals surface area (Å²) in [5.74, 6) is 0. The molecule has 1 N–H and O–H groups in total. The van der Waals surface area contributed by atoms with Gasteiger partial charge in [-0.15, -0.1) is 11.3 Å². The van der Waals surface area contributed by atoms with Gasteiger partial charge in [0.05, 0.1) is 0 Å². The molecular weight excluding hydrogens is 298 g/mol. The van der Waals surface area contributed by atoms with E-state index in [-0.39, 0.29) is 0 Å². The molecule has 98 valence electrons. The Kier molecular flexibility index (Phi) is 7.30. The molecule has 1 aromatic rings. The molecule has 0 radical (unpaired) electrons. The molecule has 0 aromatic carbocycles. The predicted octanol–water partition coefficient (Wildman–Crippen LogP) is 2.09. The highest BCUT2D eigenvalue weighted by Gasteiger charge is 2.02. The monoisotopic (exact) mass is 319 g/mol. The van der Waals surface area contributed by atoms with Crippen molar-refractivity contribution in [1.82, 2.24) is 15.1 Å². The standard InChI is InChI=1S/C12H22BrN3S/c1-15(2)6-4-14-5-7-16(3)9-12-8-11(13)10-17-12/h8,10,14H,4-7,9H2,1-3H3. The Hall–Kier alpha value is 0.0600. The van der Waals surface area contributed by atoms with Crippen molar-refractivity contribution in [2.75, 3.05) is 47.3 Å². The molecule has 0 aliphatic carbocycles. The lowest BCUT2D eigenvalue weighted by Gasteiger charge is -2.16. The molecule has 1 aromatic heterocycles. The summed E-state index contributed by atoms with van der Waals surface area (Å²) in [7, 11) is 6.37. The van der Waals surface area contributed by atoms with Crippen LogP contribution in [0.3, 0.4) is 0 Å². The van der Waals surface area contributed by atoms with Gasteiger partial charge in [-0.3, -0.25) is 0 Å². The van der Waals surface area contributed by atoms with Crippen molar-refractivity contribution in [3.05, 3.63) is 20.8 Å². The molecule has 0 fully saturated rings. The zero-order valence-corrected chi connectivity index (χ0v) is 13.3. The van der Waals surface area contributed by atoms with E-state index in [9.17, 15) is 0 Å². The molecule has 3 nitrogen and oxygen atoms in total. The summed E-state index contributed by atoms with van der Waals surface area (Å²) in [6.45, 7) is 5.33. The van der Waals surface area contributed by atoms with Gasteiger partial charge in [-0.1, -0.05) is 0 Å². The molecule has 0 spiro atoms. The third-order valence-corrected chi connectivity index (χ3v) is 4.14. The Balaban J connectivity index is 2.07. The predicted molar refractivity (Wildman–Crippen MR) is 79.8 cm³/mol. The first kappa shape index (κ1) is 15.1. The lowest BCUT2D eigenvalue weighted by Crippen LogP contribution is -2.32. The van der Waals surface area contributed by atoms with Crippen molar-refractivity contribution in [3.63, 3.8) is 0 Å². The van der Waals surface area contributed by atoms with Gasteiger partial charge in [-0.05, 0) is 43.1 Å². The van der Waals surface area contributed by atoms with Crippen LogP contribution in [0.4, 0.5) is 0 Å². The molecule has 5 heteroatoms. The first-order valence-corrected chi connectivity index (χ1v) is 7.52. The topological polar surface area (TPSA) is 18.5 Å². The van der Waals surface area contributed by atoms with Crippen LogP contribution in [-0.2, 0) is 6.54 Å². The van der Waals surface area contributed by atoms with Gasteiger partial charge in [-0.25, -0.2) is 0 Å². The van der Waals surface area contributed by atoms with Crippen LogP contribution in [0, 0.1) is 0 Å². The zero-order valence-electron chi connectivity index (χ0n) is 10.9. The van der Waals surface area contributed by atoms with Gasteiger partial charge in [0.2, 0.25) is 0 Å². The van der Waals surface area contributed by atoms with Gasteiger partial charge in [0.25, 0.3) is 0 Å². The van der Waals surface area contributed by atoms with Crippen LogP contribution in [-0.4, -0.2) is 57.1 Å². The molecule has 0 unspecified atom stereocenters. The molecular formula is C12H22BrN3S. The molecule has 0 aliphatic rings. The van der Waals surface area contributed by atoms with Crippen LogP contribution >= 0.6 is 27.3 Å². The largest absolute Gasteiger partial charge is 0.314 e. The molecule has 0 aliphatic heterocycles. The summed E-state index contributed by atoms with van der Waals surface area (Å²) in [5, 5.41) is 5.59. The van der Waals surface area contributed by atoms with Crippen LogP contribution in [0.15, 0.2) is 15.9 Å². The Labute approximate surface area is 117 Å². The normalized spacial score (nSPS) is 11.6. The first-order chi connectivity index (χ1) is 8.08. The van der Waals surface area contributed by atoms with Gasteiger partial charge >= 0.3 is 0 Å². The molecule has 1 rings (SSSR count). The minimum absolute atomic E-state index is 1.03. The fourth-order valence-electron chi connectivity index (χ4n) is 1.48. The van der Waals surface area contributed by atoms with Gasteiger partial charge < -0.3 is 15.1 Å². The quantitative estimate of drug-likeness (QED) is 0.740. The van der Waals surface area contributed by atoms with E-state index in [2.05, 4.69) is 63.6 Å². The number of hydrogen-bond donors (Lipinski definition) is 1. The molecule has 0 bridgehead atoms. The van der Waals surface area contributed by atoms with Crippen LogP contribution in [0.1, 0.15) is 4.88 Å². The van der Waals surface area contributed by atoms with Crippen molar-refractivity contribution in [3.8, 4) is 0 Å². The molecule has 1 heterocycles. The first-order valence-electron chi connectivity index (χ1n) is 5.85. The van der Waals surface area contributed by atoms with Gasteiger partial charge in [-0.2, -0.15) is 0 Å². The van der Waals surface area contributed by atoms with Crippen molar-refractivity contribution in [1.29, 1.82) is 0 Å². The Morgan fingerprint density at radius 2 is 1.94 bits per heavy atom. The van der Waals surface area contributed by atoms with E-state index in [1.807, 2.05) is 11.3 Å². The van der Waals surface area contributed by atoms with Crippen LogP contribution in [0.5, 0.6) is 0 Å². The maximum Gasteiger partial charge on any atom is 0.0325 e. The minimum Gasteiger partial charge on any atom is -0.314 e. The fourth-order valence-corrected chi connectivity index (χ4v) is 3.01. The highest BCUT2D eigenvalue weighted by Crippen LogP contribution is 2.20. The van der Waals surface area contributed by atoms with Crippen LogP contribution < -0.4 is 5.32 Å². The number of halogens is 1. The maximum absolute atomic E-state index is 3.48. The maximum atomic E-state index is 3.48. The van der Waals surface area contributed by atoms with Crippen LogP contribution in [0.2, 0.25) is 0 Å². The number of rotatable bonds is 8. The summed E-state index contributed by atoms with van der Waals surface area (Å²) >= 11 is 5.29. The molecule has 0 saturated carbocycles. The summed E-state index contributed by atoms with van der Waals surface area (Å²) in [5.41, 5.74) is 0. The van der Waals surface area contributed by atoms with Crippen LogP contribution in [0.25, 0.3) is 0 Å². The molecule has 17 heavy (non-hydrogen) atoms.